The molecule has 3 heteroatoms. The molecule has 1 atom stereocenters. The quantitative estimate of drug-likeness (QED) is 0.556. The van der Waals surface area contributed by atoms with Gasteiger partial charge >= 0.3 is 0 Å². The maximum absolute atomic E-state index is 9.81. The third-order valence-electron chi connectivity index (χ3n) is 0.943. The molecule has 1 aliphatic rings. The summed E-state index contributed by atoms with van der Waals surface area (Å²) in [5, 5.41) is 4.96. The smallest absolute Gasteiger partial charge is 0.208 e. The van der Waals surface area contributed by atoms with Crippen LogP contribution >= 0.6 is 11.8 Å². The van der Waals surface area contributed by atoms with E-state index in [9.17, 15) is 4.79 Å². The molecule has 1 N–H and O–H groups in total. The van der Waals surface area contributed by atoms with Gasteiger partial charge < -0.3 is 5.32 Å². The Labute approximate surface area is 52.3 Å². The van der Waals surface area contributed by atoms with Crippen LogP contribution in [0.2, 0.25) is 0 Å². The van der Waals surface area contributed by atoms with Gasteiger partial charge in [-0.15, -0.1) is 11.8 Å². The molecule has 8 heavy (non-hydrogen) atoms. The van der Waals surface area contributed by atoms with E-state index in [0.29, 0.717) is 5.37 Å². The van der Waals surface area contributed by atoms with Crippen LogP contribution in [0.3, 0.4) is 0 Å². The van der Waals surface area contributed by atoms with Crippen LogP contribution in [0.5, 0.6) is 0 Å². The molecule has 0 fully saturated rings. The molecule has 0 aromatic carbocycles. The summed E-state index contributed by atoms with van der Waals surface area (Å²) in [6.45, 7) is 0. The van der Waals surface area contributed by atoms with Gasteiger partial charge in [0.25, 0.3) is 0 Å². The summed E-state index contributed by atoms with van der Waals surface area (Å²) in [5.74, 6) is 0. The van der Waals surface area contributed by atoms with Crippen molar-refractivity contribution in [2.45, 2.75) is 11.8 Å². The molecule has 0 aromatic rings. The number of amides is 1. The first-order valence-electron chi connectivity index (χ1n) is 2.43. The standard InChI is InChI=1S/C5H7NOS/c7-4-6-5-2-1-3-8-5/h1,3-5H,2H2,(H,6,7). The fraction of sp³-hybridized carbons (Fsp3) is 0.400. The summed E-state index contributed by atoms with van der Waals surface area (Å²) in [4.78, 5) is 9.81. The largest absolute Gasteiger partial charge is 0.346 e. The molecule has 2 nitrogen and oxygen atoms in total. The topological polar surface area (TPSA) is 29.1 Å². The molecular weight excluding hydrogens is 122 g/mol. The highest BCUT2D eigenvalue weighted by Crippen LogP contribution is 2.20. The zero-order chi connectivity index (χ0) is 5.82. The van der Waals surface area contributed by atoms with Gasteiger partial charge in [0.1, 0.15) is 0 Å². The van der Waals surface area contributed by atoms with Crippen LogP contribution in [0.15, 0.2) is 11.5 Å². The lowest BCUT2D eigenvalue weighted by Crippen LogP contribution is -2.20. The lowest BCUT2D eigenvalue weighted by Gasteiger charge is -2.03. The van der Waals surface area contributed by atoms with Crippen LogP contribution in [0, 0.1) is 0 Å². The van der Waals surface area contributed by atoms with E-state index < -0.39 is 0 Å². The van der Waals surface area contributed by atoms with E-state index in [4.69, 9.17) is 0 Å². The lowest BCUT2D eigenvalue weighted by atomic mass is 10.4. The molecule has 1 unspecified atom stereocenters. The van der Waals surface area contributed by atoms with E-state index in [2.05, 4.69) is 5.32 Å². The summed E-state index contributed by atoms with van der Waals surface area (Å²) >= 11 is 1.64. The van der Waals surface area contributed by atoms with Crippen molar-refractivity contribution in [3.05, 3.63) is 11.5 Å². The minimum absolute atomic E-state index is 0.299. The Morgan fingerprint density at radius 1 is 1.88 bits per heavy atom. The number of carbonyl (C=O) groups is 1. The summed E-state index contributed by atoms with van der Waals surface area (Å²) in [6.07, 6.45) is 3.75. The van der Waals surface area contributed by atoms with E-state index in [1.807, 2.05) is 11.5 Å². The molecule has 0 bridgehead atoms. The first-order valence-corrected chi connectivity index (χ1v) is 3.38. The van der Waals surface area contributed by atoms with Crippen molar-refractivity contribution < 1.29 is 4.79 Å². The summed E-state index contributed by atoms with van der Waals surface area (Å²) in [7, 11) is 0. The van der Waals surface area contributed by atoms with Gasteiger partial charge in [-0.3, -0.25) is 4.79 Å². The van der Waals surface area contributed by atoms with Gasteiger partial charge in [0.15, 0.2) is 0 Å². The second-order valence-electron chi connectivity index (χ2n) is 1.52. The van der Waals surface area contributed by atoms with E-state index >= 15 is 0 Å². The molecule has 0 radical (unpaired) electrons. The highest BCUT2D eigenvalue weighted by molar-refractivity contribution is 8.02. The van der Waals surface area contributed by atoms with Crippen LogP contribution in [0.1, 0.15) is 6.42 Å². The molecule has 0 spiro atoms. The molecule has 0 saturated carbocycles. The average molecular weight is 129 g/mol. The Morgan fingerprint density at radius 3 is 3.25 bits per heavy atom. The SMILES string of the molecule is O=CNC1CC=CS1. The fourth-order valence-electron chi connectivity index (χ4n) is 0.568. The van der Waals surface area contributed by atoms with Gasteiger partial charge in [-0.25, -0.2) is 0 Å². The van der Waals surface area contributed by atoms with E-state index in [1.165, 1.54) is 0 Å². The van der Waals surface area contributed by atoms with Gasteiger partial charge in [-0.1, -0.05) is 6.08 Å². The van der Waals surface area contributed by atoms with Gasteiger partial charge in [0.05, 0.1) is 5.37 Å². The molecule has 1 amide bonds. The van der Waals surface area contributed by atoms with Crippen LogP contribution in [0.25, 0.3) is 0 Å². The second-order valence-corrected chi connectivity index (χ2v) is 2.63. The first kappa shape index (κ1) is 5.69. The zero-order valence-electron chi connectivity index (χ0n) is 4.33. The molecule has 44 valence electrons. The van der Waals surface area contributed by atoms with Gasteiger partial charge in [-0.05, 0) is 11.8 Å². The molecule has 0 aliphatic carbocycles. The van der Waals surface area contributed by atoms with E-state index in [1.54, 1.807) is 11.8 Å². The van der Waals surface area contributed by atoms with Crippen LogP contribution in [-0.4, -0.2) is 11.8 Å². The molecule has 1 heterocycles. The number of rotatable bonds is 2. The molecule has 1 aliphatic heterocycles. The van der Waals surface area contributed by atoms with Crippen molar-refractivity contribution in [2.75, 3.05) is 0 Å². The minimum atomic E-state index is 0.299. The maximum Gasteiger partial charge on any atom is 0.208 e. The Hall–Kier alpha value is -0.440. The van der Waals surface area contributed by atoms with Crippen LogP contribution in [0.4, 0.5) is 0 Å². The molecule has 1 rings (SSSR count). The van der Waals surface area contributed by atoms with E-state index in [0.717, 1.165) is 12.8 Å². The lowest BCUT2D eigenvalue weighted by molar-refractivity contribution is -0.109. The fourth-order valence-corrected chi connectivity index (χ4v) is 1.34. The highest BCUT2D eigenvalue weighted by atomic mass is 32.2. The number of carbonyl (C=O) groups excluding carboxylic acids is 1. The maximum atomic E-state index is 9.81. The summed E-state index contributed by atoms with van der Waals surface area (Å²) in [5.41, 5.74) is 0. The molecular formula is C5H7NOS. The summed E-state index contributed by atoms with van der Waals surface area (Å²) < 4.78 is 0. The van der Waals surface area contributed by atoms with Gasteiger partial charge in [0.2, 0.25) is 6.41 Å². The van der Waals surface area contributed by atoms with Crippen molar-refractivity contribution in [1.82, 2.24) is 5.32 Å². The van der Waals surface area contributed by atoms with Crippen LogP contribution < -0.4 is 5.32 Å². The predicted molar refractivity (Wildman–Crippen MR) is 34.3 cm³/mol. The number of thioether (sulfide) groups is 1. The van der Waals surface area contributed by atoms with Crippen molar-refractivity contribution >= 4 is 18.2 Å². The predicted octanol–water partition coefficient (Wildman–Crippen LogP) is 0.709. The summed E-state index contributed by atoms with van der Waals surface area (Å²) in [6, 6.07) is 0. The Balaban J connectivity index is 2.19. The monoisotopic (exact) mass is 129 g/mol. The third-order valence-corrected chi connectivity index (χ3v) is 1.95. The van der Waals surface area contributed by atoms with Crippen LogP contribution in [-0.2, 0) is 4.79 Å². The van der Waals surface area contributed by atoms with Crippen molar-refractivity contribution in [3.8, 4) is 0 Å². The zero-order valence-corrected chi connectivity index (χ0v) is 5.15. The highest BCUT2D eigenvalue weighted by Gasteiger charge is 2.06. The average Bonchev–Trinajstić information content (AvgIpc) is 2.19. The number of hydrogen-bond donors (Lipinski definition) is 1. The second kappa shape index (κ2) is 2.77. The Bertz CT molecular complexity index is 105. The molecule has 0 aromatic heterocycles. The molecule has 0 saturated heterocycles. The number of nitrogens with one attached hydrogen (secondary N) is 1. The first-order chi connectivity index (χ1) is 3.93. The van der Waals surface area contributed by atoms with Crippen molar-refractivity contribution in [1.29, 1.82) is 0 Å². The number of hydrogen-bond acceptors (Lipinski definition) is 2. The van der Waals surface area contributed by atoms with Crippen molar-refractivity contribution in [2.24, 2.45) is 0 Å². The van der Waals surface area contributed by atoms with E-state index in [-0.39, 0.29) is 0 Å². The normalized spacial score (nSPS) is 25.8. The third kappa shape index (κ3) is 1.26. The van der Waals surface area contributed by atoms with Gasteiger partial charge in [0, 0.05) is 0 Å². The Kier molecular flexibility index (Phi) is 1.97. The Morgan fingerprint density at radius 2 is 2.75 bits per heavy atom. The van der Waals surface area contributed by atoms with Crippen molar-refractivity contribution in [3.63, 3.8) is 0 Å². The minimum Gasteiger partial charge on any atom is -0.346 e. The van der Waals surface area contributed by atoms with Gasteiger partial charge in [-0.2, -0.15) is 0 Å².